The summed E-state index contributed by atoms with van der Waals surface area (Å²) < 4.78 is 51.0. The van der Waals surface area contributed by atoms with Crippen LogP contribution in [-0.4, -0.2) is 72.7 Å². The van der Waals surface area contributed by atoms with Gasteiger partial charge >= 0.3 is 0 Å². The molecule has 0 unspecified atom stereocenters. The molecule has 2 amide bonds. The van der Waals surface area contributed by atoms with Crippen LogP contribution in [0.5, 0.6) is 23.0 Å². The van der Waals surface area contributed by atoms with E-state index in [1.54, 1.807) is 44.2 Å². The van der Waals surface area contributed by atoms with Crippen molar-refractivity contribution in [1.29, 1.82) is 0 Å². The Bertz CT molecular complexity index is 1550. The van der Waals surface area contributed by atoms with E-state index in [9.17, 15) is 18.0 Å². The first-order valence-electron chi connectivity index (χ1n) is 13.3. The fourth-order valence-corrected chi connectivity index (χ4v) is 5.99. The summed E-state index contributed by atoms with van der Waals surface area (Å²) in [7, 11) is 1.20. The number of methoxy groups -OCH3 is 4. The van der Waals surface area contributed by atoms with Gasteiger partial charge in [0, 0.05) is 30.2 Å². The number of sulfonamides is 1. The summed E-state index contributed by atoms with van der Waals surface area (Å²) in [5, 5.41) is 3.18. The van der Waals surface area contributed by atoms with Gasteiger partial charge in [-0.25, -0.2) is 8.42 Å². The topological polar surface area (TPSA) is 124 Å². The van der Waals surface area contributed by atoms with Crippen LogP contribution in [0.2, 0.25) is 5.02 Å². The van der Waals surface area contributed by atoms with Crippen molar-refractivity contribution in [3.63, 3.8) is 0 Å². The maximum Gasteiger partial charge on any atom is 0.265 e. The van der Waals surface area contributed by atoms with Crippen LogP contribution in [0.1, 0.15) is 19.4 Å². The minimum atomic E-state index is -4.44. The minimum absolute atomic E-state index is 0.00279. The van der Waals surface area contributed by atoms with E-state index in [-0.39, 0.29) is 28.6 Å². The van der Waals surface area contributed by atoms with Crippen LogP contribution in [-0.2, 0) is 26.2 Å². The molecule has 0 aliphatic rings. The molecule has 0 radical (unpaired) electrons. The molecular weight excluding hydrogens is 598 g/mol. The maximum absolute atomic E-state index is 14.3. The standard InChI is InChI=1S/C30H36ClN3O8S/c1-7-32-30(36)20(2)33(18-21-9-8-10-22(31)15-21)29(35)19-34(25-16-23(39-3)11-13-26(25)40-4)43(37,38)24-12-14-27(41-5)28(17-24)42-6/h8-17,20H,7,18-19H2,1-6H3,(H,32,36)/t20-/m1/s1. The van der Waals surface area contributed by atoms with Gasteiger partial charge in [0.25, 0.3) is 10.0 Å². The molecule has 3 aromatic carbocycles. The number of rotatable bonds is 14. The van der Waals surface area contributed by atoms with Crippen LogP contribution in [0.3, 0.4) is 0 Å². The van der Waals surface area contributed by atoms with E-state index in [1.165, 1.54) is 63.7 Å². The fraction of sp³-hybridized carbons (Fsp3) is 0.333. The number of hydrogen-bond donors (Lipinski definition) is 1. The lowest BCUT2D eigenvalue weighted by Gasteiger charge is -2.32. The normalized spacial score (nSPS) is 11.7. The van der Waals surface area contributed by atoms with Gasteiger partial charge in [-0.1, -0.05) is 23.7 Å². The van der Waals surface area contributed by atoms with Gasteiger partial charge in [-0.05, 0) is 55.8 Å². The number of carbonyl (C=O) groups excluding carboxylic acids is 2. The smallest absolute Gasteiger partial charge is 0.265 e. The lowest BCUT2D eigenvalue weighted by molar-refractivity contribution is -0.139. The van der Waals surface area contributed by atoms with E-state index in [0.717, 1.165) is 4.31 Å². The third-order valence-electron chi connectivity index (χ3n) is 6.64. The molecule has 0 fully saturated rings. The molecule has 43 heavy (non-hydrogen) atoms. The van der Waals surface area contributed by atoms with Crippen LogP contribution in [0, 0.1) is 0 Å². The molecule has 0 heterocycles. The van der Waals surface area contributed by atoms with Gasteiger partial charge < -0.3 is 29.2 Å². The predicted molar refractivity (Wildman–Crippen MR) is 164 cm³/mol. The number of hydrogen-bond acceptors (Lipinski definition) is 8. The molecule has 0 aliphatic heterocycles. The monoisotopic (exact) mass is 633 g/mol. The average Bonchev–Trinajstić information content (AvgIpc) is 3.01. The van der Waals surface area contributed by atoms with E-state index in [1.807, 2.05) is 0 Å². The number of nitrogens with zero attached hydrogens (tertiary/aromatic N) is 2. The van der Waals surface area contributed by atoms with Gasteiger partial charge in [0.15, 0.2) is 11.5 Å². The number of benzene rings is 3. The zero-order valence-electron chi connectivity index (χ0n) is 24.9. The van der Waals surface area contributed by atoms with E-state index in [2.05, 4.69) is 5.32 Å². The van der Waals surface area contributed by atoms with Crippen molar-refractivity contribution in [2.75, 3.05) is 45.8 Å². The number of amides is 2. The van der Waals surface area contributed by atoms with Crippen LogP contribution in [0.4, 0.5) is 5.69 Å². The molecule has 0 saturated heterocycles. The Morgan fingerprint density at radius 1 is 0.884 bits per heavy atom. The van der Waals surface area contributed by atoms with E-state index >= 15 is 0 Å². The summed E-state index contributed by atoms with van der Waals surface area (Å²) >= 11 is 6.18. The third-order valence-corrected chi connectivity index (χ3v) is 8.63. The fourth-order valence-electron chi connectivity index (χ4n) is 4.35. The lowest BCUT2D eigenvalue weighted by atomic mass is 10.1. The minimum Gasteiger partial charge on any atom is -0.497 e. The van der Waals surface area contributed by atoms with Gasteiger partial charge in [-0.3, -0.25) is 13.9 Å². The molecular formula is C30H36ClN3O8S. The Morgan fingerprint density at radius 2 is 1.56 bits per heavy atom. The second-order valence-electron chi connectivity index (χ2n) is 9.29. The predicted octanol–water partition coefficient (Wildman–Crippen LogP) is 4.12. The first-order chi connectivity index (χ1) is 20.5. The molecule has 0 saturated carbocycles. The van der Waals surface area contributed by atoms with Crippen molar-refractivity contribution in [2.24, 2.45) is 0 Å². The highest BCUT2D eigenvalue weighted by Gasteiger charge is 2.34. The quantitative estimate of drug-likeness (QED) is 0.281. The summed E-state index contributed by atoms with van der Waals surface area (Å²) in [5.41, 5.74) is 0.712. The molecule has 1 N–H and O–H groups in total. The van der Waals surface area contributed by atoms with Crippen molar-refractivity contribution < 1.29 is 37.0 Å². The van der Waals surface area contributed by atoms with E-state index < -0.39 is 34.4 Å². The molecule has 0 bridgehead atoms. The lowest BCUT2D eigenvalue weighted by Crippen LogP contribution is -2.51. The van der Waals surface area contributed by atoms with Crippen molar-refractivity contribution in [3.05, 3.63) is 71.2 Å². The van der Waals surface area contributed by atoms with Crippen LogP contribution in [0.15, 0.2) is 65.6 Å². The highest BCUT2D eigenvalue weighted by molar-refractivity contribution is 7.92. The van der Waals surface area contributed by atoms with Gasteiger partial charge in [-0.15, -0.1) is 0 Å². The summed E-state index contributed by atoms with van der Waals surface area (Å²) in [5.74, 6) is -0.0248. The van der Waals surface area contributed by atoms with Crippen molar-refractivity contribution >= 4 is 39.1 Å². The number of ether oxygens (including phenoxy) is 4. The Hall–Kier alpha value is -4.16. The number of nitrogens with one attached hydrogen (secondary N) is 1. The molecule has 3 aromatic rings. The first kappa shape index (κ1) is 33.3. The first-order valence-corrected chi connectivity index (χ1v) is 15.1. The van der Waals surface area contributed by atoms with Crippen LogP contribution < -0.4 is 28.6 Å². The zero-order chi connectivity index (χ0) is 31.7. The van der Waals surface area contributed by atoms with Gasteiger partial charge in [0.05, 0.1) is 39.0 Å². The Morgan fingerprint density at radius 3 is 2.16 bits per heavy atom. The SMILES string of the molecule is CCNC(=O)[C@@H](C)N(Cc1cccc(Cl)c1)C(=O)CN(c1cc(OC)ccc1OC)S(=O)(=O)c1ccc(OC)c(OC)c1. The largest absolute Gasteiger partial charge is 0.497 e. The highest BCUT2D eigenvalue weighted by Crippen LogP contribution is 2.37. The van der Waals surface area contributed by atoms with Gasteiger partial charge in [0.1, 0.15) is 24.1 Å². The Balaban J connectivity index is 2.17. The summed E-state index contributed by atoms with van der Waals surface area (Å²) in [6.45, 7) is 3.01. The number of anilines is 1. The Labute approximate surface area is 257 Å². The average molecular weight is 634 g/mol. The summed E-state index contributed by atoms with van der Waals surface area (Å²) in [6, 6.07) is 14.6. The van der Waals surface area contributed by atoms with Crippen molar-refractivity contribution in [3.8, 4) is 23.0 Å². The number of likely N-dealkylation sites (N-methyl/N-ethyl adjacent to an activating group) is 1. The molecule has 0 spiro atoms. The molecule has 0 aromatic heterocycles. The zero-order valence-corrected chi connectivity index (χ0v) is 26.5. The summed E-state index contributed by atoms with van der Waals surface area (Å²) in [6.07, 6.45) is 0. The second kappa shape index (κ2) is 14.8. The number of carbonyl (C=O) groups is 2. The molecule has 3 rings (SSSR count). The third kappa shape index (κ3) is 7.82. The maximum atomic E-state index is 14.3. The molecule has 1 atom stereocenters. The van der Waals surface area contributed by atoms with Crippen molar-refractivity contribution in [1.82, 2.24) is 10.2 Å². The molecule has 13 heteroatoms. The molecule has 0 aliphatic carbocycles. The van der Waals surface area contributed by atoms with Crippen molar-refractivity contribution in [2.45, 2.75) is 31.3 Å². The van der Waals surface area contributed by atoms with E-state index in [4.69, 9.17) is 30.5 Å². The van der Waals surface area contributed by atoms with E-state index in [0.29, 0.717) is 28.6 Å². The molecule has 232 valence electrons. The van der Waals surface area contributed by atoms with Gasteiger partial charge in [-0.2, -0.15) is 0 Å². The van der Waals surface area contributed by atoms with Crippen LogP contribution >= 0.6 is 11.6 Å². The van der Waals surface area contributed by atoms with Gasteiger partial charge in [0.2, 0.25) is 11.8 Å². The summed E-state index contributed by atoms with van der Waals surface area (Å²) in [4.78, 5) is 28.2. The Kier molecular flexibility index (Phi) is 11.5. The number of halogens is 1. The second-order valence-corrected chi connectivity index (χ2v) is 11.6. The van der Waals surface area contributed by atoms with Crippen LogP contribution in [0.25, 0.3) is 0 Å². The molecule has 11 nitrogen and oxygen atoms in total. The highest BCUT2D eigenvalue weighted by atomic mass is 35.5.